The summed E-state index contributed by atoms with van der Waals surface area (Å²) in [5, 5.41) is 10.2. The van der Waals surface area contributed by atoms with Crippen molar-refractivity contribution in [2.24, 2.45) is 0 Å². The maximum absolute atomic E-state index is 10.2. The molecule has 2 rings (SSSR count). The molecule has 1 aliphatic rings. The molecule has 0 atom stereocenters. The van der Waals surface area contributed by atoms with Gasteiger partial charge in [0.05, 0.1) is 5.60 Å². The van der Waals surface area contributed by atoms with Gasteiger partial charge in [0.15, 0.2) is 0 Å². The fourth-order valence-corrected chi connectivity index (χ4v) is 2.68. The van der Waals surface area contributed by atoms with Crippen LogP contribution in [0.3, 0.4) is 0 Å². The van der Waals surface area contributed by atoms with Gasteiger partial charge in [0.25, 0.3) is 0 Å². The summed E-state index contributed by atoms with van der Waals surface area (Å²) in [6.07, 6.45) is 5.06. The average Bonchev–Trinajstić information content (AvgIpc) is 2.51. The van der Waals surface area contributed by atoms with Crippen LogP contribution in [-0.4, -0.2) is 10.7 Å². The molecule has 1 aliphatic carbocycles. The zero-order valence-corrected chi connectivity index (χ0v) is 9.76. The maximum Gasteiger partial charge on any atom is 0.0688 e. The van der Waals surface area contributed by atoms with Crippen molar-refractivity contribution in [3.05, 3.63) is 34.3 Å². The number of hydrogen-bond donors (Lipinski definition) is 1. The lowest BCUT2D eigenvalue weighted by molar-refractivity contribution is 0.0482. The van der Waals surface area contributed by atoms with E-state index in [1.165, 1.54) is 18.4 Å². The molecule has 14 heavy (non-hydrogen) atoms. The minimum atomic E-state index is -0.430. The first-order valence-electron chi connectivity index (χ1n) is 5.15. The first-order valence-corrected chi connectivity index (χ1v) is 5.94. The minimum Gasteiger partial charge on any atom is -0.390 e. The molecule has 0 heterocycles. The zero-order valence-electron chi connectivity index (χ0n) is 8.17. The minimum absolute atomic E-state index is 0.430. The van der Waals surface area contributed by atoms with E-state index in [0.29, 0.717) is 0 Å². The van der Waals surface area contributed by atoms with Crippen molar-refractivity contribution in [2.75, 3.05) is 0 Å². The summed E-state index contributed by atoms with van der Waals surface area (Å²) in [7, 11) is 0. The second-order valence-corrected chi connectivity index (χ2v) is 5.15. The second-order valence-electron chi connectivity index (χ2n) is 4.24. The first-order chi connectivity index (χ1) is 6.68. The van der Waals surface area contributed by atoms with Crippen molar-refractivity contribution in [1.29, 1.82) is 0 Å². The van der Waals surface area contributed by atoms with Gasteiger partial charge in [0, 0.05) is 10.9 Å². The molecular weight excluding hydrogens is 240 g/mol. The molecule has 0 radical (unpaired) electrons. The lowest BCUT2D eigenvalue weighted by Gasteiger charge is -2.21. The van der Waals surface area contributed by atoms with E-state index in [9.17, 15) is 5.11 Å². The molecule has 1 N–H and O–H groups in total. The van der Waals surface area contributed by atoms with E-state index in [4.69, 9.17) is 0 Å². The van der Waals surface area contributed by atoms with E-state index in [2.05, 4.69) is 28.1 Å². The van der Waals surface area contributed by atoms with Gasteiger partial charge in [-0.1, -0.05) is 40.9 Å². The van der Waals surface area contributed by atoms with Gasteiger partial charge >= 0.3 is 0 Å². The van der Waals surface area contributed by atoms with Crippen LogP contribution in [0.2, 0.25) is 0 Å². The largest absolute Gasteiger partial charge is 0.390 e. The Balaban J connectivity index is 2.10. The molecule has 1 nitrogen and oxygen atoms in total. The molecule has 0 unspecified atom stereocenters. The molecular formula is C12H15BrO. The third-order valence-electron chi connectivity index (χ3n) is 2.96. The number of rotatable bonds is 2. The van der Waals surface area contributed by atoms with Crippen molar-refractivity contribution in [3.8, 4) is 0 Å². The van der Waals surface area contributed by atoms with Crippen molar-refractivity contribution < 1.29 is 5.11 Å². The van der Waals surface area contributed by atoms with Crippen molar-refractivity contribution in [1.82, 2.24) is 0 Å². The third kappa shape index (κ3) is 2.37. The Morgan fingerprint density at radius 1 is 1.29 bits per heavy atom. The molecule has 1 aromatic carbocycles. The highest BCUT2D eigenvalue weighted by atomic mass is 79.9. The highest BCUT2D eigenvalue weighted by Gasteiger charge is 2.30. The van der Waals surface area contributed by atoms with Crippen molar-refractivity contribution in [2.45, 2.75) is 37.7 Å². The van der Waals surface area contributed by atoms with E-state index >= 15 is 0 Å². The first kappa shape index (κ1) is 10.2. The van der Waals surface area contributed by atoms with Gasteiger partial charge < -0.3 is 5.11 Å². The fourth-order valence-electron chi connectivity index (χ4n) is 2.24. The standard InChI is InChI=1S/C12H15BrO/c13-11-5-3-4-10(8-11)9-12(14)6-1-2-7-12/h3-5,8,14H,1-2,6-7,9H2. The Hall–Kier alpha value is -0.340. The van der Waals surface area contributed by atoms with E-state index in [1.807, 2.05) is 12.1 Å². The molecule has 0 bridgehead atoms. The summed E-state index contributed by atoms with van der Waals surface area (Å²) in [5.74, 6) is 0. The highest BCUT2D eigenvalue weighted by Crippen LogP contribution is 2.32. The quantitative estimate of drug-likeness (QED) is 0.859. The van der Waals surface area contributed by atoms with Gasteiger partial charge in [-0.2, -0.15) is 0 Å². The third-order valence-corrected chi connectivity index (χ3v) is 3.45. The summed E-state index contributed by atoms with van der Waals surface area (Å²) >= 11 is 3.45. The summed E-state index contributed by atoms with van der Waals surface area (Å²) in [6, 6.07) is 8.22. The monoisotopic (exact) mass is 254 g/mol. The summed E-state index contributed by atoms with van der Waals surface area (Å²) in [4.78, 5) is 0. The van der Waals surface area contributed by atoms with Crippen LogP contribution < -0.4 is 0 Å². The summed E-state index contributed by atoms with van der Waals surface area (Å²) < 4.78 is 1.09. The van der Waals surface area contributed by atoms with Gasteiger partial charge in [-0.25, -0.2) is 0 Å². The van der Waals surface area contributed by atoms with Crippen LogP contribution in [0, 0.1) is 0 Å². The topological polar surface area (TPSA) is 20.2 Å². The van der Waals surface area contributed by atoms with Crippen LogP contribution in [-0.2, 0) is 6.42 Å². The van der Waals surface area contributed by atoms with Crippen LogP contribution in [0.15, 0.2) is 28.7 Å². The van der Waals surface area contributed by atoms with E-state index in [0.717, 1.165) is 23.7 Å². The van der Waals surface area contributed by atoms with Gasteiger partial charge in [-0.15, -0.1) is 0 Å². The van der Waals surface area contributed by atoms with E-state index < -0.39 is 5.60 Å². The average molecular weight is 255 g/mol. The molecule has 1 fully saturated rings. The van der Waals surface area contributed by atoms with Crippen LogP contribution in [0.1, 0.15) is 31.2 Å². The fraction of sp³-hybridized carbons (Fsp3) is 0.500. The molecule has 1 aromatic rings. The zero-order chi connectivity index (χ0) is 10.0. The number of halogens is 1. The van der Waals surface area contributed by atoms with Crippen LogP contribution >= 0.6 is 15.9 Å². The van der Waals surface area contributed by atoms with Gasteiger partial charge in [-0.05, 0) is 30.5 Å². The second kappa shape index (κ2) is 4.03. The molecule has 0 spiro atoms. The molecule has 2 heteroatoms. The number of hydrogen-bond acceptors (Lipinski definition) is 1. The molecule has 0 aliphatic heterocycles. The number of aliphatic hydroxyl groups is 1. The van der Waals surface area contributed by atoms with Crippen LogP contribution in [0.4, 0.5) is 0 Å². The molecule has 76 valence electrons. The predicted molar refractivity (Wildman–Crippen MR) is 61.3 cm³/mol. The normalized spacial score (nSPS) is 19.9. The Morgan fingerprint density at radius 2 is 2.00 bits per heavy atom. The van der Waals surface area contributed by atoms with Gasteiger partial charge in [0.1, 0.15) is 0 Å². The van der Waals surface area contributed by atoms with Crippen LogP contribution in [0.5, 0.6) is 0 Å². The highest BCUT2D eigenvalue weighted by molar-refractivity contribution is 9.10. The lowest BCUT2D eigenvalue weighted by Crippen LogP contribution is -2.26. The summed E-state index contributed by atoms with van der Waals surface area (Å²) in [5.41, 5.74) is 0.796. The Morgan fingerprint density at radius 3 is 2.64 bits per heavy atom. The van der Waals surface area contributed by atoms with Gasteiger partial charge in [-0.3, -0.25) is 0 Å². The lowest BCUT2D eigenvalue weighted by atomic mass is 9.93. The number of benzene rings is 1. The maximum atomic E-state index is 10.2. The Kier molecular flexibility index (Phi) is 2.93. The molecule has 0 saturated heterocycles. The van der Waals surface area contributed by atoms with E-state index in [-0.39, 0.29) is 0 Å². The molecule has 0 aromatic heterocycles. The van der Waals surface area contributed by atoms with Gasteiger partial charge in [0.2, 0.25) is 0 Å². The Bertz CT molecular complexity index is 316. The SMILES string of the molecule is OC1(Cc2cccc(Br)c2)CCCC1. The smallest absolute Gasteiger partial charge is 0.0688 e. The van der Waals surface area contributed by atoms with E-state index in [1.54, 1.807) is 0 Å². The Labute approximate surface area is 93.3 Å². The molecule has 0 amide bonds. The summed E-state index contributed by atoms with van der Waals surface area (Å²) in [6.45, 7) is 0. The predicted octanol–water partition coefficient (Wildman–Crippen LogP) is 3.30. The van der Waals surface area contributed by atoms with Crippen molar-refractivity contribution >= 4 is 15.9 Å². The van der Waals surface area contributed by atoms with Crippen molar-refractivity contribution in [3.63, 3.8) is 0 Å². The van der Waals surface area contributed by atoms with Crippen LogP contribution in [0.25, 0.3) is 0 Å². The molecule has 1 saturated carbocycles.